The molecule has 0 bridgehead atoms. The van der Waals surface area contributed by atoms with E-state index in [0.717, 1.165) is 38.4 Å². The third-order valence-corrected chi connectivity index (χ3v) is 4.36. The predicted molar refractivity (Wildman–Crippen MR) is 100.0 cm³/mol. The Labute approximate surface area is 154 Å². The molecule has 0 amide bonds. The third-order valence-electron chi connectivity index (χ3n) is 4.36. The van der Waals surface area contributed by atoms with E-state index in [1.54, 1.807) is 19.1 Å². The first-order valence-corrected chi connectivity index (χ1v) is 8.97. The zero-order chi connectivity index (χ0) is 18.2. The molecule has 0 aromatic heterocycles. The van der Waals surface area contributed by atoms with Gasteiger partial charge in [0, 0.05) is 25.2 Å². The normalized spacial score (nSPS) is 14.8. The van der Waals surface area contributed by atoms with Gasteiger partial charge in [0.1, 0.15) is 13.2 Å². The van der Waals surface area contributed by atoms with E-state index in [1.165, 1.54) is 0 Å². The van der Waals surface area contributed by atoms with Gasteiger partial charge in [0.2, 0.25) is 0 Å². The number of hydrogen-bond donors (Lipinski definition) is 0. The Bertz CT molecular complexity index is 711. The maximum absolute atomic E-state index is 11.7. The van der Waals surface area contributed by atoms with Crippen LogP contribution in [0.3, 0.4) is 0 Å². The second-order valence-electron chi connectivity index (χ2n) is 6.29. The minimum Gasteiger partial charge on any atom is -0.488 e. The number of Topliss-reactive ketones (excluding diaryl/α,β-unsaturated/α-hetero) is 1. The van der Waals surface area contributed by atoms with Crippen LogP contribution in [0.25, 0.3) is 0 Å². The lowest BCUT2D eigenvalue weighted by Gasteiger charge is -2.26. The van der Waals surface area contributed by atoms with Crippen LogP contribution in [0.4, 0.5) is 0 Å². The van der Waals surface area contributed by atoms with E-state index >= 15 is 0 Å². The van der Waals surface area contributed by atoms with Gasteiger partial charge in [-0.25, -0.2) is 0 Å². The van der Waals surface area contributed by atoms with Gasteiger partial charge in [0.15, 0.2) is 17.3 Å². The fraction of sp³-hybridized carbons (Fsp3) is 0.381. The highest BCUT2D eigenvalue weighted by Crippen LogP contribution is 2.29. The van der Waals surface area contributed by atoms with Crippen molar-refractivity contribution in [3.8, 4) is 11.5 Å². The summed E-state index contributed by atoms with van der Waals surface area (Å²) in [5.74, 6) is 1.28. The number of nitrogens with zero attached hydrogens (tertiary/aromatic N) is 1. The summed E-state index contributed by atoms with van der Waals surface area (Å²) in [5.41, 5.74) is 1.71. The molecular weight excluding hydrogens is 330 g/mol. The Morgan fingerprint density at radius 2 is 1.81 bits per heavy atom. The van der Waals surface area contributed by atoms with Crippen LogP contribution >= 0.6 is 0 Å². The topological polar surface area (TPSA) is 48.0 Å². The molecule has 26 heavy (non-hydrogen) atoms. The van der Waals surface area contributed by atoms with Gasteiger partial charge in [-0.3, -0.25) is 9.69 Å². The van der Waals surface area contributed by atoms with E-state index in [9.17, 15) is 4.79 Å². The summed E-state index contributed by atoms with van der Waals surface area (Å²) in [6.07, 6.45) is 0. The molecule has 0 N–H and O–H groups in total. The first-order valence-electron chi connectivity index (χ1n) is 8.97. The van der Waals surface area contributed by atoms with Crippen molar-refractivity contribution < 1.29 is 19.0 Å². The zero-order valence-electron chi connectivity index (χ0n) is 15.1. The fourth-order valence-corrected chi connectivity index (χ4v) is 2.80. The highest BCUT2D eigenvalue weighted by molar-refractivity contribution is 5.94. The smallest absolute Gasteiger partial charge is 0.161 e. The van der Waals surface area contributed by atoms with Crippen molar-refractivity contribution in [2.45, 2.75) is 13.5 Å². The Kier molecular flexibility index (Phi) is 6.63. The Balaban J connectivity index is 1.63. The van der Waals surface area contributed by atoms with Crippen LogP contribution in [0.1, 0.15) is 22.8 Å². The van der Waals surface area contributed by atoms with Crippen LogP contribution in [0.5, 0.6) is 11.5 Å². The van der Waals surface area contributed by atoms with Gasteiger partial charge >= 0.3 is 0 Å². The molecule has 1 aliphatic heterocycles. The molecule has 1 fully saturated rings. The average molecular weight is 355 g/mol. The second kappa shape index (κ2) is 9.36. The number of carbonyl (C=O) groups is 1. The van der Waals surface area contributed by atoms with Gasteiger partial charge in [-0.2, -0.15) is 0 Å². The second-order valence-corrected chi connectivity index (χ2v) is 6.29. The molecule has 1 heterocycles. The summed E-state index contributed by atoms with van der Waals surface area (Å²) in [7, 11) is 0. The first-order chi connectivity index (χ1) is 12.7. The number of rotatable bonds is 8. The van der Waals surface area contributed by atoms with Crippen LogP contribution < -0.4 is 9.47 Å². The summed E-state index contributed by atoms with van der Waals surface area (Å²) in [6, 6.07) is 15.3. The van der Waals surface area contributed by atoms with Crippen LogP contribution in [0.2, 0.25) is 0 Å². The lowest BCUT2D eigenvalue weighted by molar-refractivity contribution is 0.0320. The summed E-state index contributed by atoms with van der Waals surface area (Å²) in [4.78, 5) is 14.0. The number of ketones is 1. The summed E-state index contributed by atoms with van der Waals surface area (Å²) >= 11 is 0. The van der Waals surface area contributed by atoms with E-state index in [4.69, 9.17) is 14.2 Å². The van der Waals surface area contributed by atoms with E-state index < -0.39 is 0 Å². The van der Waals surface area contributed by atoms with Gasteiger partial charge in [0.05, 0.1) is 13.2 Å². The summed E-state index contributed by atoms with van der Waals surface area (Å²) in [6.45, 7) is 6.77. The van der Waals surface area contributed by atoms with E-state index in [0.29, 0.717) is 30.3 Å². The number of ether oxygens (including phenoxy) is 3. The largest absolute Gasteiger partial charge is 0.488 e. The maximum atomic E-state index is 11.7. The lowest BCUT2D eigenvalue weighted by atomic mass is 10.1. The van der Waals surface area contributed by atoms with Crippen molar-refractivity contribution in [3.63, 3.8) is 0 Å². The van der Waals surface area contributed by atoms with Crippen molar-refractivity contribution in [3.05, 3.63) is 59.7 Å². The lowest BCUT2D eigenvalue weighted by Crippen LogP contribution is -2.38. The van der Waals surface area contributed by atoms with E-state index in [-0.39, 0.29) is 5.78 Å². The molecule has 1 aliphatic rings. The predicted octanol–water partition coefficient (Wildman–Crippen LogP) is 3.18. The van der Waals surface area contributed by atoms with E-state index in [1.807, 2.05) is 36.4 Å². The van der Waals surface area contributed by atoms with Crippen LogP contribution in [-0.2, 0) is 11.3 Å². The minimum absolute atomic E-state index is 0.0117. The third kappa shape index (κ3) is 5.31. The van der Waals surface area contributed by atoms with Crippen LogP contribution in [0.15, 0.2) is 48.5 Å². The van der Waals surface area contributed by atoms with Gasteiger partial charge in [-0.05, 0) is 30.7 Å². The summed E-state index contributed by atoms with van der Waals surface area (Å²) < 4.78 is 17.2. The zero-order valence-corrected chi connectivity index (χ0v) is 15.1. The quantitative estimate of drug-likeness (QED) is 0.681. The molecule has 2 aromatic rings. The molecule has 3 rings (SSSR count). The molecule has 0 aliphatic carbocycles. The molecule has 0 atom stereocenters. The molecule has 1 saturated heterocycles. The number of morpholine rings is 1. The van der Waals surface area contributed by atoms with E-state index in [2.05, 4.69) is 4.90 Å². The number of benzene rings is 2. The van der Waals surface area contributed by atoms with Gasteiger partial charge in [0.25, 0.3) is 0 Å². The minimum atomic E-state index is 0.0117. The van der Waals surface area contributed by atoms with Crippen molar-refractivity contribution in [1.82, 2.24) is 4.90 Å². The SMILES string of the molecule is CC(=O)c1ccc(OCc2ccccc2)c(OCCN2CCOCC2)c1. The first kappa shape index (κ1) is 18.4. The van der Waals surface area contributed by atoms with Gasteiger partial charge in [-0.1, -0.05) is 30.3 Å². The Morgan fingerprint density at radius 1 is 1.04 bits per heavy atom. The van der Waals surface area contributed by atoms with Crippen LogP contribution in [-0.4, -0.2) is 50.1 Å². The van der Waals surface area contributed by atoms with Gasteiger partial charge in [-0.15, -0.1) is 0 Å². The highest BCUT2D eigenvalue weighted by atomic mass is 16.5. The number of hydrogen-bond acceptors (Lipinski definition) is 5. The molecule has 138 valence electrons. The molecule has 2 aromatic carbocycles. The molecular formula is C21H25NO4. The Morgan fingerprint density at radius 3 is 2.54 bits per heavy atom. The van der Waals surface area contributed by atoms with Crippen molar-refractivity contribution in [1.29, 1.82) is 0 Å². The Hall–Kier alpha value is -2.37. The molecule has 0 spiro atoms. The van der Waals surface area contributed by atoms with Crippen molar-refractivity contribution in [2.24, 2.45) is 0 Å². The average Bonchev–Trinajstić information content (AvgIpc) is 2.68. The molecule has 5 nitrogen and oxygen atoms in total. The molecule has 0 unspecified atom stereocenters. The molecule has 0 saturated carbocycles. The van der Waals surface area contributed by atoms with Crippen molar-refractivity contribution in [2.75, 3.05) is 39.5 Å². The van der Waals surface area contributed by atoms with Gasteiger partial charge < -0.3 is 14.2 Å². The monoisotopic (exact) mass is 355 g/mol. The standard InChI is InChI=1S/C21H25NO4/c1-17(23)19-7-8-20(26-16-18-5-3-2-4-6-18)21(15-19)25-14-11-22-9-12-24-13-10-22/h2-8,15H,9-14,16H2,1H3. The highest BCUT2D eigenvalue weighted by Gasteiger charge is 2.13. The van der Waals surface area contributed by atoms with Crippen LogP contribution in [0, 0.1) is 0 Å². The fourth-order valence-electron chi connectivity index (χ4n) is 2.80. The molecule has 0 radical (unpaired) electrons. The van der Waals surface area contributed by atoms with Crippen molar-refractivity contribution >= 4 is 5.78 Å². The molecule has 5 heteroatoms. The summed E-state index contributed by atoms with van der Waals surface area (Å²) in [5, 5.41) is 0. The number of carbonyl (C=O) groups excluding carboxylic acids is 1. The maximum Gasteiger partial charge on any atom is 0.161 e.